The predicted octanol–water partition coefficient (Wildman–Crippen LogP) is 4.18. The Labute approximate surface area is 152 Å². The number of epoxide rings is 1. The molecule has 8 atom stereocenters. The molecule has 142 valence electrons. The number of ether oxygens (including phenoxy) is 2. The molecule has 1 N–H and O–H groups in total. The van der Waals surface area contributed by atoms with E-state index in [-0.39, 0.29) is 11.7 Å². The van der Waals surface area contributed by atoms with E-state index in [4.69, 9.17) is 9.47 Å². The van der Waals surface area contributed by atoms with Crippen LogP contribution >= 0.6 is 0 Å². The molecule has 3 nitrogen and oxygen atoms in total. The SMILES string of the molecule is COCC[C@]12CC[C@@H](O)C[C@@H]1CC[C@@H]1[C@@H]2CC[C@@]2(C)[C@H]1CC[C@@]21CO1. The number of methoxy groups -OCH3 is 1. The normalized spacial score (nSPS) is 57.0. The predicted molar refractivity (Wildman–Crippen MR) is 97.2 cm³/mol. The minimum Gasteiger partial charge on any atom is -0.393 e. The molecule has 0 aromatic carbocycles. The summed E-state index contributed by atoms with van der Waals surface area (Å²) in [7, 11) is 1.85. The van der Waals surface area contributed by atoms with Crippen molar-refractivity contribution in [2.75, 3.05) is 20.3 Å². The standard InChI is InChI=1S/C22H36O3/c1-20-8-6-19-17(18(20)7-10-22(20)14-25-22)4-3-15-13-16(23)5-9-21(15,19)11-12-24-2/h15-19,23H,3-14H2,1-2H3/t15-,16+,17-,18-,19-,20-,21+,22+/m0/s1. The number of hydrogen-bond donors (Lipinski definition) is 1. The van der Waals surface area contributed by atoms with Crippen molar-refractivity contribution in [2.45, 2.75) is 82.8 Å². The summed E-state index contributed by atoms with van der Waals surface area (Å²) in [5, 5.41) is 10.3. The first kappa shape index (κ1) is 17.0. The van der Waals surface area contributed by atoms with E-state index in [9.17, 15) is 5.11 Å². The quantitative estimate of drug-likeness (QED) is 0.778. The van der Waals surface area contributed by atoms with Crippen LogP contribution < -0.4 is 0 Å². The zero-order chi connectivity index (χ0) is 17.3. The maximum atomic E-state index is 10.3. The maximum Gasteiger partial charge on any atom is 0.0972 e. The number of rotatable bonds is 3. The highest BCUT2D eigenvalue weighted by Gasteiger charge is 2.70. The number of aliphatic hydroxyl groups is 1. The van der Waals surface area contributed by atoms with Crippen molar-refractivity contribution < 1.29 is 14.6 Å². The fourth-order valence-corrected chi connectivity index (χ4v) is 8.47. The number of fused-ring (bicyclic) bond motifs is 6. The second-order valence-corrected chi connectivity index (χ2v) is 10.3. The summed E-state index contributed by atoms with van der Waals surface area (Å²) < 4.78 is 11.6. The molecule has 0 amide bonds. The van der Waals surface area contributed by atoms with Gasteiger partial charge in [0.05, 0.1) is 18.3 Å². The Morgan fingerprint density at radius 3 is 2.60 bits per heavy atom. The summed E-state index contributed by atoms with van der Waals surface area (Å²) in [4.78, 5) is 0. The van der Waals surface area contributed by atoms with Gasteiger partial charge in [-0.25, -0.2) is 0 Å². The molecule has 1 aliphatic heterocycles. The molecule has 0 radical (unpaired) electrons. The van der Waals surface area contributed by atoms with Crippen molar-refractivity contribution in [3.8, 4) is 0 Å². The summed E-state index contributed by atoms with van der Waals surface area (Å²) in [5.41, 5.74) is 1.15. The molecule has 5 aliphatic rings. The van der Waals surface area contributed by atoms with Crippen LogP contribution in [0.4, 0.5) is 0 Å². The molecule has 4 aliphatic carbocycles. The van der Waals surface area contributed by atoms with Gasteiger partial charge in [-0.1, -0.05) is 6.92 Å². The first-order chi connectivity index (χ1) is 12.0. The molecular formula is C22H36O3. The van der Waals surface area contributed by atoms with Crippen LogP contribution in [0.5, 0.6) is 0 Å². The van der Waals surface area contributed by atoms with Gasteiger partial charge in [0.15, 0.2) is 0 Å². The largest absolute Gasteiger partial charge is 0.393 e. The molecule has 0 unspecified atom stereocenters. The third kappa shape index (κ3) is 2.21. The highest BCUT2D eigenvalue weighted by Crippen LogP contribution is 2.71. The van der Waals surface area contributed by atoms with Crippen molar-refractivity contribution in [1.82, 2.24) is 0 Å². The summed E-state index contributed by atoms with van der Waals surface area (Å²) in [6, 6.07) is 0. The Bertz CT molecular complexity index is 525. The molecule has 0 aromatic rings. The van der Waals surface area contributed by atoms with Crippen molar-refractivity contribution in [3.63, 3.8) is 0 Å². The zero-order valence-corrected chi connectivity index (χ0v) is 16.1. The van der Waals surface area contributed by atoms with Gasteiger partial charge in [0.2, 0.25) is 0 Å². The van der Waals surface area contributed by atoms with Crippen LogP contribution in [0, 0.1) is 34.5 Å². The van der Waals surface area contributed by atoms with E-state index < -0.39 is 0 Å². The van der Waals surface area contributed by atoms with Crippen LogP contribution in [0.3, 0.4) is 0 Å². The Morgan fingerprint density at radius 1 is 1.04 bits per heavy atom. The van der Waals surface area contributed by atoms with E-state index in [0.29, 0.717) is 10.8 Å². The molecule has 0 aromatic heterocycles. The van der Waals surface area contributed by atoms with Gasteiger partial charge in [-0.15, -0.1) is 0 Å². The first-order valence-corrected chi connectivity index (χ1v) is 10.9. The van der Waals surface area contributed by atoms with Crippen LogP contribution in [0.25, 0.3) is 0 Å². The van der Waals surface area contributed by atoms with Gasteiger partial charge in [0.25, 0.3) is 0 Å². The van der Waals surface area contributed by atoms with Gasteiger partial charge < -0.3 is 14.6 Å². The van der Waals surface area contributed by atoms with E-state index in [0.717, 1.165) is 49.7 Å². The smallest absolute Gasteiger partial charge is 0.0972 e. The Morgan fingerprint density at radius 2 is 1.84 bits per heavy atom. The molecule has 1 heterocycles. The van der Waals surface area contributed by atoms with Gasteiger partial charge in [0, 0.05) is 19.1 Å². The lowest BCUT2D eigenvalue weighted by Gasteiger charge is -2.62. The van der Waals surface area contributed by atoms with Gasteiger partial charge in [-0.2, -0.15) is 0 Å². The molecule has 5 rings (SSSR count). The van der Waals surface area contributed by atoms with Crippen molar-refractivity contribution in [3.05, 3.63) is 0 Å². The number of aliphatic hydroxyl groups excluding tert-OH is 1. The van der Waals surface area contributed by atoms with Gasteiger partial charge in [0.1, 0.15) is 0 Å². The van der Waals surface area contributed by atoms with Crippen molar-refractivity contribution in [1.29, 1.82) is 0 Å². The maximum absolute atomic E-state index is 10.3. The van der Waals surface area contributed by atoms with Crippen molar-refractivity contribution in [2.24, 2.45) is 34.5 Å². The monoisotopic (exact) mass is 348 g/mol. The lowest BCUT2D eigenvalue weighted by Crippen LogP contribution is -2.56. The lowest BCUT2D eigenvalue weighted by atomic mass is 9.43. The van der Waals surface area contributed by atoms with Gasteiger partial charge >= 0.3 is 0 Å². The van der Waals surface area contributed by atoms with E-state index in [1.807, 2.05) is 7.11 Å². The van der Waals surface area contributed by atoms with E-state index in [1.54, 1.807) is 0 Å². The average Bonchev–Trinajstić information content (AvgIpc) is 3.34. The Balaban J connectivity index is 1.46. The third-order valence-electron chi connectivity index (χ3n) is 9.89. The summed E-state index contributed by atoms with van der Waals surface area (Å²) in [6.45, 7) is 4.48. The molecule has 1 spiro atoms. The molecule has 5 fully saturated rings. The van der Waals surface area contributed by atoms with Crippen molar-refractivity contribution >= 4 is 0 Å². The van der Waals surface area contributed by atoms with Crippen LogP contribution in [-0.4, -0.2) is 37.1 Å². The van der Waals surface area contributed by atoms with Crippen LogP contribution in [0.2, 0.25) is 0 Å². The summed E-state index contributed by atoms with van der Waals surface area (Å²) in [6.07, 6.45) is 12.6. The van der Waals surface area contributed by atoms with E-state index in [2.05, 4.69) is 6.92 Å². The average molecular weight is 349 g/mol. The molecule has 0 bridgehead atoms. The molecule has 3 heteroatoms. The first-order valence-electron chi connectivity index (χ1n) is 10.9. The Hall–Kier alpha value is -0.120. The van der Waals surface area contributed by atoms with Gasteiger partial charge in [-0.05, 0) is 93.3 Å². The zero-order valence-electron chi connectivity index (χ0n) is 16.1. The Kier molecular flexibility index (Phi) is 3.87. The van der Waals surface area contributed by atoms with Gasteiger partial charge in [-0.3, -0.25) is 0 Å². The van der Waals surface area contributed by atoms with E-state index >= 15 is 0 Å². The minimum atomic E-state index is -0.0549. The molecular weight excluding hydrogens is 312 g/mol. The summed E-state index contributed by atoms with van der Waals surface area (Å²) >= 11 is 0. The fourth-order valence-electron chi connectivity index (χ4n) is 8.47. The lowest BCUT2D eigenvalue weighted by molar-refractivity contribution is -0.145. The van der Waals surface area contributed by atoms with Crippen LogP contribution in [-0.2, 0) is 9.47 Å². The summed E-state index contributed by atoms with van der Waals surface area (Å²) in [5.74, 6) is 3.36. The fraction of sp³-hybridized carbons (Fsp3) is 1.00. The minimum absolute atomic E-state index is 0.0549. The topological polar surface area (TPSA) is 42.0 Å². The highest BCUT2D eigenvalue weighted by molar-refractivity contribution is 5.18. The second kappa shape index (κ2) is 5.69. The number of hydrogen-bond acceptors (Lipinski definition) is 3. The molecule has 4 saturated carbocycles. The van der Waals surface area contributed by atoms with Crippen LogP contribution in [0.15, 0.2) is 0 Å². The third-order valence-corrected chi connectivity index (χ3v) is 9.89. The van der Waals surface area contributed by atoms with Crippen LogP contribution in [0.1, 0.15) is 71.1 Å². The van der Waals surface area contributed by atoms with E-state index in [1.165, 1.54) is 51.4 Å². The highest BCUT2D eigenvalue weighted by atomic mass is 16.6. The molecule has 25 heavy (non-hydrogen) atoms. The molecule has 1 saturated heterocycles. The second-order valence-electron chi connectivity index (χ2n) is 10.3.